The van der Waals surface area contributed by atoms with Crippen LogP contribution >= 0.6 is 0 Å². The molecule has 1 saturated carbocycles. The number of benzene rings is 1. The number of urea groups is 1. The van der Waals surface area contributed by atoms with Gasteiger partial charge in [0.1, 0.15) is 0 Å². The highest BCUT2D eigenvalue weighted by atomic mass is 19.4. The van der Waals surface area contributed by atoms with E-state index < -0.39 is 47.8 Å². The van der Waals surface area contributed by atoms with Crippen LogP contribution in [0.3, 0.4) is 0 Å². The van der Waals surface area contributed by atoms with E-state index in [0.717, 1.165) is 17.0 Å². The lowest BCUT2D eigenvalue weighted by atomic mass is 10.1. The van der Waals surface area contributed by atoms with Crippen LogP contribution in [0.15, 0.2) is 29.3 Å². The molecule has 2 heterocycles. The van der Waals surface area contributed by atoms with Gasteiger partial charge >= 0.3 is 18.2 Å². The zero-order chi connectivity index (χ0) is 24.1. The highest BCUT2D eigenvalue weighted by molar-refractivity contribution is 6.03. The smallest absolute Gasteiger partial charge is 0.416 e. The molecule has 178 valence electrons. The molecule has 1 aromatic carbocycles. The average Bonchev–Trinajstić information content (AvgIpc) is 3.35. The summed E-state index contributed by atoms with van der Waals surface area (Å²) < 4.78 is 38.4. The standard InChI is InChI=1S/C21H24F3N5O4/c1-27-15-16(26-19(27)25-14-8-5-12(9-14)18(31)32)28(2)20(33)29(17(15)30)10-11-3-6-13(7-4-11)21(22,23)24/h3-4,6-7,12,14-16H,5,8-10H2,1-2H3,(H,25,26)(H,31,32). The van der Waals surface area contributed by atoms with Crippen LogP contribution in [0.5, 0.6) is 0 Å². The molecular formula is C21H24F3N5O4. The van der Waals surface area contributed by atoms with Gasteiger partial charge in [-0.15, -0.1) is 0 Å². The Balaban J connectivity index is 1.47. The van der Waals surface area contributed by atoms with Crippen molar-refractivity contribution in [3.63, 3.8) is 0 Å². The molecule has 2 fully saturated rings. The largest absolute Gasteiger partial charge is 0.481 e. The minimum atomic E-state index is -4.47. The molecule has 2 N–H and O–H groups in total. The third kappa shape index (κ3) is 4.21. The second kappa shape index (κ2) is 8.23. The number of likely N-dealkylation sites (N-methyl/N-ethyl adjacent to an activating group) is 2. The fraction of sp³-hybridized carbons (Fsp3) is 0.524. The molecule has 12 heteroatoms. The number of aliphatic imine (C=N–C) groups is 1. The van der Waals surface area contributed by atoms with Gasteiger partial charge in [0.2, 0.25) is 0 Å². The van der Waals surface area contributed by atoms with Crippen molar-refractivity contribution in [2.24, 2.45) is 10.9 Å². The number of aliphatic carboxylic acids is 1. The maximum atomic E-state index is 13.2. The fourth-order valence-electron chi connectivity index (χ4n) is 4.55. The molecule has 1 saturated heterocycles. The van der Waals surface area contributed by atoms with Crippen LogP contribution in [0.4, 0.5) is 18.0 Å². The second-order valence-electron chi connectivity index (χ2n) is 8.62. The summed E-state index contributed by atoms with van der Waals surface area (Å²) in [7, 11) is 3.18. The van der Waals surface area contributed by atoms with E-state index in [2.05, 4.69) is 10.3 Å². The summed E-state index contributed by atoms with van der Waals surface area (Å²) in [6.07, 6.45) is -3.57. The summed E-state index contributed by atoms with van der Waals surface area (Å²) in [5.41, 5.74) is -0.418. The number of hydrogen-bond donors (Lipinski definition) is 2. The van der Waals surface area contributed by atoms with E-state index in [1.807, 2.05) is 0 Å². The molecule has 1 aliphatic carbocycles. The van der Waals surface area contributed by atoms with Gasteiger partial charge in [0, 0.05) is 20.1 Å². The molecule has 1 aromatic rings. The average molecular weight is 467 g/mol. The SMILES string of the molecule is CN1C(=O)N(Cc2ccc(C(F)(F)F)cc2)C(=O)C2C1N=C(NC1CCC(C(=O)O)C1)N2C. The lowest BCUT2D eigenvalue weighted by molar-refractivity contribution is -0.141. The van der Waals surface area contributed by atoms with Crippen LogP contribution < -0.4 is 5.32 Å². The number of alkyl halides is 3. The summed E-state index contributed by atoms with van der Waals surface area (Å²) in [5.74, 6) is -1.36. The zero-order valence-corrected chi connectivity index (χ0v) is 18.0. The first-order chi connectivity index (χ1) is 15.5. The number of halogens is 3. The molecule has 4 unspecified atom stereocenters. The van der Waals surface area contributed by atoms with Gasteiger partial charge in [-0.2, -0.15) is 13.2 Å². The van der Waals surface area contributed by atoms with Gasteiger partial charge in [0.15, 0.2) is 18.2 Å². The number of carbonyl (C=O) groups excluding carboxylic acids is 2. The maximum Gasteiger partial charge on any atom is 0.416 e. The van der Waals surface area contributed by atoms with Crippen molar-refractivity contribution in [1.29, 1.82) is 0 Å². The Kier molecular flexibility index (Phi) is 5.71. The van der Waals surface area contributed by atoms with Crippen LogP contribution in [0.25, 0.3) is 0 Å². The molecule has 4 atom stereocenters. The number of carboxylic acid groups (broad SMARTS) is 1. The summed E-state index contributed by atoms with van der Waals surface area (Å²) in [6.45, 7) is -0.164. The van der Waals surface area contributed by atoms with Gasteiger partial charge in [0.05, 0.1) is 18.0 Å². The Hall–Kier alpha value is -3.31. The molecular weight excluding hydrogens is 443 g/mol. The van der Waals surface area contributed by atoms with Crippen molar-refractivity contribution in [1.82, 2.24) is 20.0 Å². The highest BCUT2D eigenvalue weighted by Gasteiger charge is 2.51. The van der Waals surface area contributed by atoms with Gasteiger partial charge in [-0.1, -0.05) is 12.1 Å². The van der Waals surface area contributed by atoms with E-state index in [1.165, 1.54) is 24.1 Å². The summed E-state index contributed by atoms with van der Waals surface area (Å²) in [6, 6.07) is 2.84. The Bertz CT molecular complexity index is 997. The number of nitrogens with zero attached hydrogens (tertiary/aromatic N) is 4. The normalized spacial score (nSPS) is 27.7. The van der Waals surface area contributed by atoms with Gasteiger partial charge in [-0.05, 0) is 37.0 Å². The van der Waals surface area contributed by atoms with Crippen LogP contribution in [0.1, 0.15) is 30.4 Å². The van der Waals surface area contributed by atoms with Gasteiger partial charge < -0.3 is 20.2 Å². The van der Waals surface area contributed by atoms with Crippen molar-refractivity contribution >= 4 is 23.9 Å². The quantitative estimate of drug-likeness (QED) is 0.701. The van der Waals surface area contributed by atoms with Crippen molar-refractivity contribution in [2.45, 2.75) is 50.2 Å². The van der Waals surface area contributed by atoms with Crippen LogP contribution in [-0.2, 0) is 22.3 Å². The minimum absolute atomic E-state index is 0.105. The van der Waals surface area contributed by atoms with E-state index in [1.54, 1.807) is 11.9 Å². The molecule has 0 aromatic heterocycles. The Morgan fingerprint density at radius 3 is 2.39 bits per heavy atom. The Morgan fingerprint density at radius 1 is 1.15 bits per heavy atom. The molecule has 33 heavy (non-hydrogen) atoms. The van der Waals surface area contributed by atoms with E-state index in [-0.39, 0.29) is 12.6 Å². The number of carbonyl (C=O) groups is 3. The Morgan fingerprint density at radius 2 is 1.82 bits per heavy atom. The number of rotatable bonds is 4. The van der Waals surface area contributed by atoms with Crippen LogP contribution in [-0.4, -0.2) is 76.0 Å². The fourth-order valence-corrected chi connectivity index (χ4v) is 4.55. The number of amides is 3. The Labute approximate surface area is 187 Å². The predicted molar refractivity (Wildman–Crippen MR) is 110 cm³/mol. The molecule has 0 radical (unpaired) electrons. The number of guanidine groups is 1. The van der Waals surface area contributed by atoms with Crippen molar-refractivity contribution in [2.75, 3.05) is 14.1 Å². The number of carboxylic acids is 1. The lowest BCUT2D eigenvalue weighted by Gasteiger charge is -2.40. The van der Waals surface area contributed by atoms with E-state index in [4.69, 9.17) is 0 Å². The number of nitrogens with one attached hydrogen (secondary N) is 1. The third-order valence-corrected chi connectivity index (χ3v) is 6.47. The van der Waals surface area contributed by atoms with Gasteiger partial charge in [-0.3, -0.25) is 14.5 Å². The summed E-state index contributed by atoms with van der Waals surface area (Å²) >= 11 is 0. The van der Waals surface area contributed by atoms with Crippen LogP contribution in [0.2, 0.25) is 0 Å². The van der Waals surface area contributed by atoms with E-state index in [9.17, 15) is 32.7 Å². The van der Waals surface area contributed by atoms with Crippen molar-refractivity contribution < 1.29 is 32.7 Å². The molecule has 9 nitrogen and oxygen atoms in total. The topological polar surface area (TPSA) is 106 Å². The van der Waals surface area contributed by atoms with Crippen molar-refractivity contribution in [3.05, 3.63) is 35.4 Å². The van der Waals surface area contributed by atoms with Crippen molar-refractivity contribution in [3.8, 4) is 0 Å². The molecule has 3 amide bonds. The number of fused-ring (bicyclic) bond motifs is 1. The third-order valence-electron chi connectivity index (χ3n) is 6.47. The first-order valence-corrected chi connectivity index (χ1v) is 10.5. The zero-order valence-electron chi connectivity index (χ0n) is 18.0. The maximum absolute atomic E-state index is 13.2. The monoisotopic (exact) mass is 467 g/mol. The first-order valence-electron chi connectivity index (χ1n) is 10.5. The van der Waals surface area contributed by atoms with Crippen LogP contribution in [0, 0.1) is 5.92 Å². The number of imide groups is 1. The first kappa shape index (κ1) is 22.9. The molecule has 4 rings (SSSR count). The van der Waals surface area contributed by atoms with E-state index in [0.29, 0.717) is 30.8 Å². The summed E-state index contributed by atoms with van der Waals surface area (Å²) in [4.78, 5) is 45.7. The second-order valence-corrected chi connectivity index (χ2v) is 8.62. The predicted octanol–water partition coefficient (Wildman–Crippen LogP) is 1.94. The molecule has 0 bridgehead atoms. The van der Waals surface area contributed by atoms with Gasteiger partial charge in [0.25, 0.3) is 5.91 Å². The summed E-state index contributed by atoms with van der Waals surface area (Å²) in [5, 5.41) is 12.4. The number of hydrogen-bond acceptors (Lipinski definition) is 6. The minimum Gasteiger partial charge on any atom is -0.481 e. The molecule has 3 aliphatic rings. The highest BCUT2D eigenvalue weighted by Crippen LogP contribution is 2.31. The lowest BCUT2D eigenvalue weighted by Crippen LogP contribution is -2.64. The molecule has 2 aliphatic heterocycles. The van der Waals surface area contributed by atoms with Gasteiger partial charge in [-0.25, -0.2) is 9.79 Å². The van der Waals surface area contributed by atoms with E-state index >= 15 is 0 Å². The molecule has 0 spiro atoms.